The molecule has 0 aliphatic heterocycles. The number of hydrogen-bond donors (Lipinski definition) is 3. The van der Waals surface area contributed by atoms with Crippen molar-refractivity contribution >= 4 is 51.4 Å². The highest BCUT2D eigenvalue weighted by Gasteiger charge is 2.08. The molecule has 0 saturated heterocycles. The summed E-state index contributed by atoms with van der Waals surface area (Å²) < 4.78 is 6.21. The first kappa shape index (κ1) is 21.3. The van der Waals surface area contributed by atoms with Crippen LogP contribution in [0.1, 0.15) is 5.56 Å². The van der Waals surface area contributed by atoms with Crippen LogP contribution >= 0.6 is 15.9 Å². The van der Waals surface area contributed by atoms with E-state index >= 15 is 0 Å². The minimum absolute atomic E-state index is 0.294. The Bertz CT molecular complexity index is 1180. The van der Waals surface area contributed by atoms with E-state index in [0.717, 1.165) is 27.2 Å². The van der Waals surface area contributed by atoms with E-state index in [1.165, 1.54) is 0 Å². The number of methoxy groups -OCH3 is 1. The minimum atomic E-state index is 0.294. The number of nitrogens with zero attached hydrogens (tertiary/aromatic N) is 4. The van der Waals surface area contributed by atoms with Gasteiger partial charge >= 0.3 is 0 Å². The van der Waals surface area contributed by atoms with Crippen LogP contribution < -0.4 is 20.8 Å². The van der Waals surface area contributed by atoms with Crippen LogP contribution in [0.4, 0.5) is 29.2 Å². The van der Waals surface area contributed by atoms with Crippen LogP contribution in [0.25, 0.3) is 0 Å². The molecule has 4 rings (SSSR count). The Morgan fingerprint density at radius 1 is 0.750 bits per heavy atom. The van der Waals surface area contributed by atoms with Crippen molar-refractivity contribution in [1.82, 2.24) is 15.0 Å². The average molecular weight is 490 g/mol. The van der Waals surface area contributed by atoms with Gasteiger partial charge in [0.25, 0.3) is 0 Å². The maximum Gasteiger partial charge on any atom is 0.250 e. The van der Waals surface area contributed by atoms with E-state index < -0.39 is 0 Å². The fourth-order valence-electron chi connectivity index (χ4n) is 2.71. The van der Waals surface area contributed by atoms with Crippen LogP contribution in [0.15, 0.2) is 88.4 Å². The largest absolute Gasteiger partial charge is 0.497 e. The smallest absolute Gasteiger partial charge is 0.250 e. The van der Waals surface area contributed by atoms with Gasteiger partial charge in [-0.1, -0.05) is 46.3 Å². The molecule has 160 valence electrons. The number of benzene rings is 3. The summed E-state index contributed by atoms with van der Waals surface area (Å²) in [7, 11) is 1.63. The lowest BCUT2D eigenvalue weighted by Gasteiger charge is -2.10. The van der Waals surface area contributed by atoms with Gasteiger partial charge in [-0.2, -0.15) is 20.1 Å². The summed E-state index contributed by atoms with van der Waals surface area (Å²) in [4.78, 5) is 13.3. The molecule has 0 aliphatic carbocycles. The topological polar surface area (TPSA) is 96.4 Å². The molecule has 0 spiro atoms. The summed E-state index contributed by atoms with van der Waals surface area (Å²) >= 11 is 3.42. The van der Waals surface area contributed by atoms with Crippen molar-refractivity contribution in [3.63, 3.8) is 0 Å². The molecular weight excluding hydrogens is 470 g/mol. The lowest BCUT2D eigenvalue weighted by atomic mass is 10.2. The molecule has 0 atom stereocenters. The SMILES string of the molecule is COc1ccc(Nc2nc(N/N=C\c3ccc(Br)cc3)nc(Nc3ccccc3)n2)cc1. The van der Waals surface area contributed by atoms with Crippen molar-refractivity contribution in [2.24, 2.45) is 5.10 Å². The predicted molar refractivity (Wildman–Crippen MR) is 131 cm³/mol. The Balaban J connectivity index is 1.56. The molecule has 32 heavy (non-hydrogen) atoms. The molecule has 0 saturated carbocycles. The Morgan fingerprint density at radius 2 is 1.34 bits per heavy atom. The molecule has 0 unspecified atom stereocenters. The Morgan fingerprint density at radius 3 is 1.97 bits per heavy atom. The van der Waals surface area contributed by atoms with Gasteiger partial charge in [0.15, 0.2) is 0 Å². The van der Waals surface area contributed by atoms with Crippen LogP contribution in [0.3, 0.4) is 0 Å². The monoisotopic (exact) mass is 489 g/mol. The summed E-state index contributed by atoms with van der Waals surface area (Å²) in [5.74, 6) is 1.80. The number of anilines is 5. The molecule has 0 bridgehead atoms. The van der Waals surface area contributed by atoms with Gasteiger partial charge in [-0.25, -0.2) is 5.43 Å². The molecular formula is C23H20BrN7O. The molecule has 0 aliphatic rings. The standard InChI is InChI=1S/C23H20BrN7O/c1-32-20-13-11-19(12-14-20)27-22-28-21(26-18-5-3-2-4-6-18)29-23(30-22)31-25-15-16-7-9-17(24)10-8-16/h2-15H,1H3,(H3,26,27,28,29,30,31)/b25-15-. The molecule has 3 aromatic carbocycles. The van der Waals surface area contributed by atoms with Crippen LogP contribution in [0.2, 0.25) is 0 Å². The number of halogens is 1. The number of rotatable bonds is 8. The van der Waals surface area contributed by atoms with Gasteiger partial charge in [0.05, 0.1) is 13.3 Å². The Labute approximate surface area is 193 Å². The molecule has 1 aromatic heterocycles. The highest BCUT2D eigenvalue weighted by Crippen LogP contribution is 2.20. The molecule has 0 radical (unpaired) electrons. The van der Waals surface area contributed by atoms with Crippen molar-refractivity contribution in [1.29, 1.82) is 0 Å². The van der Waals surface area contributed by atoms with Gasteiger partial charge in [-0.3, -0.25) is 0 Å². The van der Waals surface area contributed by atoms with E-state index in [9.17, 15) is 0 Å². The number of ether oxygens (including phenoxy) is 1. The van der Waals surface area contributed by atoms with Gasteiger partial charge in [-0.05, 0) is 54.1 Å². The third-order valence-corrected chi connectivity index (χ3v) is 4.79. The first-order chi connectivity index (χ1) is 15.7. The van der Waals surface area contributed by atoms with Gasteiger partial charge < -0.3 is 15.4 Å². The van der Waals surface area contributed by atoms with E-state index in [4.69, 9.17) is 4.74 Å². The number of hydrogen-bond acceptors (Lipinski definition) is 8. The summed E-state index contributed by atoms with van der Waals surface area (Å²) in [5.41, 5.74) is 5.48. The van der Waals surface area contributed by atoms with Crippen molar-refractivity contribution < 1.29 is 4.74 Å². The highest BCUT2D eigenvalue weighted by molar-refractivity contribution is 9.10. The third kappa shape index (κ3) is 6.02. The lowest BCUT2D eigenvalue weighted by Crippen LogP contribution is -2.07. The Kier molecular flexibility index (Phi) is 6.88. The van der Waals surface area contributed by atoms with E-state index in [2.05, 4.69) is 52.0 Å². The van der Waals surface area contributed by atoms with Gasteiger partial charge in [0, 0.05) is 15.8 Å². The fraction of sp³-hybridized carbons (Fsp3) is 0.0435. The Hall–Kier alpha value is -3.98. The van der Waals surface area contributed by atoms with E-state index in [0.29, 0.717) is 17.8 Å². The number of para-hydroxylation sites is 1. The average Bonchev–Trinajstić information content (AvgIpc) is 2.81. The van der Waals surface area contributed by atoms with Crippen LogP contribution in [-0.2, 0) is 0 Å². The molecule has 0 fully saturated rings. The molecule has 9 heteroatoms. The van der Waals surface area contributed by atoms with E-state index in [-0.39, 0.29) is 0 Å². The second kappa shape index (κ2) is 10.4. The van der Waals surface area contributed by atoms with Crippen LogP contribution in [0, 0.1) is 0 Å². The van der Waals surface area contributed by atoms with Gasteiger partial charge in [-0.15, -0.1) is 0 Å². The second-order valence-electron chi connectivity index (χ2n) is 6.57. The summed E-state index contributed by atoms with van der Waals surface area (Å²) in [6, 6.07) is 24.9. The first-order valence-electron chi connectivity index (χ1n) is 9.72. The highest BCUT2D eigenvalue weighted by atomic mass is 79.9. The maximum absolute atomic E-state index is 5.20. The normalized spacial score (nSPS) is 10.7. The van der Waals surface area contributed by atoms with Crippen LogP contribution in [0.5, 0.6) is 5.75 Å². The maximum atomic E-state index is 5.20. The van der Waals surface area contributed by atoms with Crippen LogP contribution in [-0.4, -0.2) is 28.3 Å². The van der Waals surface area contributed by atoms with E-state index in [1.54, 1.807) is 13.3 Å². The second-order valence-corrected chi connectivity index (χ2v) is 7.49. The van der Waals surface area contributed by atoms with Crippen molar-refractivity contribution in [2.75, 3.05) is 23.2 Å². The van der Waals surface area contributed by atoms with Crippen molar-refractivity contribution in [3.05, 3.63) is 88.9 Å². The minimum Gasteiger partial charge on any atom is -0.497 e. The zero-order chi connectivity index (χ0) is 22.2. The summed E-state index contributed by atoms with van der Waals surface area (Å²) in [6.07, 6.45) is 1.69. The number of aromatic nitrogens is 3. The zero-order valence-corrected chi connectivity index (χ0v) is 18.7. The van der Waals surface area contributed by atoms with Crippen molar-refractivity contribution in [2.45, 2.75) is 0 Å². The van der Waals surface area contributed by atoms with Gasteiger partial charge in [0.1, 0.15) is 5.75 Å². The third-order valence-electron chi connectivity index (χ3n) is 4.26. The van der Waals surface area contributed by atoms with Crippen molar-refractivity contribution in [3.8, 4) is 5.75 Å². The summed E-state index contributed by atoms with van der Waals surface area (Å²) in [5, 5.41) is 10.6. The zero-order valence-electron chi connectivity index (χ0n) is 17.2. The molecule has 4 aromatic rings. The molecule has 8 nitrogen and oxygen atoms in total. The van der Waals surface area contributed by atoms with Gasteiger partial charge in [0.2, 0.25) is 17.8 Å². The van der Waals surface area contributed by atoms with E-state index in [1.807, 2.05) is 78.9 Å². The summed E-state index contributed by atoms with van der Waals surface area (Å²) in [6.45, 7) is 0. The molecule has 3 N–H and O–H groups in total. The fourth-order valence-corrected chi connectivity index (χ4v) is 2.97. The lowest BCUT2D eigenvalue weighted by molar-refractivity contribution is 0.415. The quantitative estimate of drug-likeness (QED) is 0.219. The first-order valence-corrected chi connectivity index (χ1v) is 10.5. The number of nitrogens with one attached hydrogen (secondary N) is 3. The molecule has 0 amide bonds. The predicted octanol–water partition coefficient (Wildman–Crippen LogP) is 5.58. The number of hydrazone groups is 1. The molecule has 1 heterocycles.